The lowest BCUT2D eigenvalue weighted by atomic mass is 10.0. The fourth-order valence-corrected chi connectivity index (χ4v) is 2.88. The van der Waals surface area contributed by atoms with E-state index in [-0.39, 0.29) is 0 Å². The second-order valence-electron chi connectivity index (χ2n) is 5.55. The third-order valence-corrected chi connectivity index (χ3v) is 4.02. The normalized spacial score (nSPS) is 10.6. The molecule has 0 aliphatic carbocycles. The van der Waals surface area contributed by atoms with E-state index in [2.05, 4.69) is 26.6 Å². The molecule has 0 spiro atoms. The van der Waals surface area contributed by atoms with Crippen molar-refractivity contribution >= 4 is 22.4 Å². The molecule has 6 nitrogen and oxygen atoms in total. The first kappa shape index (κ1) is 14.8. The minimum absolute atomic E-state index is 0.510. The lowest BCUT2D eigenvalue weighted by Crippen LogP contribution is -2.05. The predicted molar refractivity (Wildman–Crippen MR) is 95.8 cm³/mol. The molecule has 2 heterocycles. The van der Waals surface area contributed by atoms with Gasteiger partial charge in [-0.2, -0.15) is 20.3 Å². The number of para-hydroxylation sites is 1. The number of fused-ring (bicyclic) bond motifs is 1. The predicted octanol–water partition coefficient (Wildman–Crippen LogP) is 3.74. The largest absolute Gasteiger partial charge is 0.339 e. The summed E-state index contributed by atoms with van der Waals surface area (Å²) >= 11 is 0. The van der Waals surface area contributed by atoms with Crippen molar-refractivity contribution in [3.63, 3.8) is 0 Å². The molecule has 4 rings (SSSR count). The van der Waals surface area contributed by atoms with Crippen molar-refractivity contribution in [3.8, 4) is 11.8 Å². The lowest BCUT2D eigenvalue weighted by Gasteiger charge is -2.14. The average Bonchev–Trinajstić information content (AvgIpc) is 3.17. The Hall–Kier alpha value is -3.72. The minimum atomic E-state index is 0.510. The van der Waals surface area contributed by atoms with Gasteiger partial charge in [0.15, 0.2) is 0 Å². The van der Waals surface area contributed by atoms with Gasteiger partial charge >= 0.3 is 0 Å². The summed E-state index contributed by atoms with van der Waals surface area (Å²) in [4.78, 5) is 6.21. The molecule has 0 saturated heterocycles. The van der Waals surface area contributed by atoms with Gasteiger partial charge in [-0.1, -0.05) is 24.3 Å². The summed E-state index contributed by atoms with van der Waals surface area (Å²) in [6.45, 7) is 1.92. The van der Waals surface area contributed by atoms with E-state index in [1.165, 1.54) is 0 Å². The average molecular weight is 326 g/mol. The molecular weight excluding hydrogens is 312 g/mol. The third kappa shape index (κ3) is 2.58. The number of hydrogen-bond donors (Lipinski definition) is 1. The van der Waals surface area contributed by atoms with Crippen LogP contribution in [0.1, 0.15) is 11.1 Å². The van der Waals surface area contributed by atoms with E-state index in [1.54, 1.807) is 17.2 Å². The first-order chi connectivity index (χ1) is 12.3. The van der Waals surface area contributed by atoms with Crippen LogP contribution in [0.3, 0.4) is 0 Å². The maximum Gasteiger partial charge on any atom is 0.149 e. The maximum absolute atomic E-state index is 9.69. The van der Waals surface area contributed by atoms with Crippen LogP contribution in [0, 0.1) is 18.3 Å². The van der Waals surface area contributed by atoms with Gasteiger partial charge in [0.1, 0.15) is 11.9 Å². The van der Waals surface area contributed by atoms with E-state index >= 15 is 0 Å². The van der Waals surface area contributed by atoms with Gasteiger partial charge in [0.2, 0.25) is 0 Å². The molecule has 0 unspecified atom stereocenters. The molecule has 0 saturated carbocycles. The first-order valence-corrected chi connectivity index (χ1v) is 7.80. The number of nitrogens with zero attached hydrogens (tertiary/aromatic N) is 5. The molecule has 0 amide bonds. The SMILES string of the molecule is Cc1c(C#N)c(Nc2ccccc2)nc2cccc(-n3nccn3)c12. The molecule has 0 fully saturated rings. The monoisotopic (exact) mass is 326 g/mol. The molecule has 1 N–H and O–H groups in total. The zero-order valence-electron chi connectivity index (χ0n) is 13.5. The lowest BCUT2D eigenvalue weighted by molar-refractivity contribution is 0.757. The van der Waals surface area contributed by atoms with Gasteiger partial charge in [-0.25, -0.2) is 4.98 Å². The van der Waals surface area contributed by atoms with Gasteiger partial charge in [0.05, 0.1) is 29.2 Å². The van der Waals surface area contributed by atoms with Crippen LogP contribution in [-0.2, 0) is 0 Å². The number of aromatic nitrogens is 4. The van der Waals surface area contributed by atoms with E-state index in [4.69, 9.17) is 0 Å². The molecule has 6 heteroatoms. The molecule has 2 aromatic carbocycles. The number of hydrogen-bond acceptors (Lipinski definition) is 5. The Morgan fingerprint density at radius 2 is 1.76 bits per heavy atom. The number of pyridine rings is 1. The van der Waals surface area contributed by atoms with Gasteiger partial charge in [-0.05, 0) is 36.8 Å². The molecule has 120 valence electrons. The number of aryl methyl sites for hydroxylation is 1. The minimum Gasteiger partial charge on any atom is -0.339 e. The Bertz CT molecular complexity index is 1080. The van der Waals surface area contributed by atoms with Gasteiger partial charge in [0, 0.05) is 11.1 Å². The standard InChI is InChI=1S/C19H14N6/c1-13-15(12-20)19(23-14-6-3-2-4-7-14)24-16-8-5-9-17(18(13)16)25-21-10-11-22-25/h2-11H,1H3,(H,23,24). The zero-order valence-corrected chi connectivity index (χ0v) is 13.5. The van der Waals surface area contributed by atoms with Crippen molar-refractivity contribution in [2.75, 3.05) is 5.32 Å². The van der Waals surface area contributed by atoms with Crippen LogP contribution in [-0.4, -0.2) is 20.0 Å². The molecular formula is C19H14N6. The second kappa shape index (κ2) is 6.06. The number of nitriles is 1. The van der Waals surface area contributed by atoms with E-state index in [0.29, 0.717) is 11.4 Å². The number of anilines is 2. The maximum atomic E-state index is 9.69. The van der Waals surface area contributed by atoms with Crippen LogP contribution in [0.15, 0.2) is 60.9 Å². The topological polar surface area (TPSA) is 79.4 Å². The van der Waals surface area contributed by atoms with Crippen molar-refractivity contribution in [1.82, 2.24) is 20.0 Å². The Labute approximate surface area is 144 Å². The fraction of sp³-hybridized carbons (Fsp3) is 0.0526. The molecule has 4 aromatic rings. The molecule has 0 radical (unpaired) electrons. The van der Waals surface area contributed by atoms with Gasteiger partial charge in [-0.15, -0.1) is 0 Å². The molecule has 0 aliphatic rings. The summed E-state index contributed by atoms with van der Waals surface area (Å²) in [5, 5.41) is 22.2. The Morgan fingerprint density at radius 1 is 1.00 bits per heavy atom. The summed E-state index contributed by atoms with van der Waals surface area (Å²) in [6.07, 6.45) is 3.25. The van der Waals surface area contributed by atoms with Crippen LogP contribution in [0.5, 0.6) is 0 Å². The summed E-state index contributed by atoms with van der Waals surface area (Å²) in [5.74, 6) is 0.546. The number of benzene rings is 2. The molecule has 0 aliphatic heterocycles. The van der Waals surface area contributed by atoms with Crippen molar-refractivity contribution in [3.05, 3.63) is 72.1 Å². The van der Waals surface area contributed by atoms with Crippen molar-refractivity contribution in [1.29, 1.82) is 5.26 Å². The van der Waals surface area contributed by atoms with Gasteiger partial charge < -0.3 is 5.32 Å². The fourth-order valence-electron chi connectivity index (χ4n) is 2.88. The smallest absolute Gasteiger partial charge is 0.149 e. The molecule has 2 aromatic heterocycles. The highest BCUT2D eigenvalue weighted by atomic mass is 15.5. The van der Waals surface area contributed by atoms with E-state index in [9.17, 15) is 5.26 Å². The Balaban J connectivity index is 1.94. The van der Waals surface area contributed by atoms with Crippen LogP contribution >= 0.6 is 0 Å². The molecule has 0 bridgehead atoms. The summed E-state index contributed by atoms with van der Waals surface area (Å²) in [7, 11) is 0. The third-order valence-electron chi connectivity index (χ3n) is 4.02. The molecule has 25 heavy (non-hydrogen) atoms. The highest BCUT2D eigenvalue weighted by molar-refractivity contribution is 5.94. The van der Waals surface area contributed by atoms with Crippen LogP contribution in [0.4, 0.5) is 11.5 Å². The van der Waals surface area contributed by atoms with E-state index in [0.717, 1.165) is 27.8 Å². The quantitative estimate of drug-likeness (QED) is 0.620. The summed E-state index contributed by atoms with van der Waals surface area (Å²) in [6, 6.07) is 17.7. The van der Waals surface area contributed by atoms with Gasteiger partial charge in [0.25, 0.3) is 0 Å². The first-order valence-electron chi connectivity index (χ1n) is 7.80. The highest BCUT2D eigenvalue weighted by Crippen LogP contribution is 2.30. The number of nitrogens with one attached hydrogen (secondary N) is 1. The van der Waals surface area contributed by atoms with Crippen LogP contribution in [0.2, 0.25) is 0 Å². The van der Waals surface area contributed by atoms with Crippen molar-refractivity contribution in [2.45, 2.75) is 6.92 Å². The Morgan fingerprint density at radius 3 is 2.48 bits per heavy atom. The molecule has 0 atom stereocenters. The van der Waals surface area contributed by atoms with E-state index < -0.39 is 0 Å². The second-order valence-corrected chi connectivity index (χ2v) is 5.55. The summed E-state index contributed by atoms with van der Waals surface area (Å²) < 4.78 is 0. The Kier molecular flexibility index (Phi) is 3.60. The highest BCUT2D eigenvalue weighted by Gasteiger charge is 2.16. The van der Waals surface area contributed by atoms with Crippen molar-refractivity contribution in [2.24, 2.45) is 0 Å². The van der Waals surface area contributed by atoms with Crippen LogP contribution < -0.4 is 5.32 Å². The van der Waals surface area contributed by atoms with Crippen LogP contribution in [0.25, 0.3) is 16.6 Å². The number of rotatable bonds is 3. The van der Waals surface area contributed by atoms with Gasteiger partial charge in [-0.3, -0.25) is 0 Å². The van der Waals surface area contributed by atoms with Crippen molar-refractivity contribution < 1.29 is 0 Å². The summed E-state index contributed by atoms with van der Waals surface area (Å²) in [5.41, 5.74) is 3.82. The zero-order chi connectivity index (χ0) is 17.2. The van der Waals surface area contributed by atoms with E-state index in [1.807, 2.05) is 55.5 Å².